The highest BCUT2D eigenvalue weighted by Gasteiger charge is 2.55. The largest absolute Gasteiger partial charge is 0.375 e. The van der Waals surface area contributed by atoms with Gasteiger partial charge < -0.3 is 5.11 Å². The monoisotopic (exact) mass is 319 g/mol. The summed E-state index contributed by atoms with van der Waals surface area (Å²) in [5.74, 6) is 0.649. The van der Waals surface area contributed by atoms with Gasteiger partial charge in [-0.25, -0.2) is 0 Å². The van der Waals surface area contributed by atoms with Crippen molar-refractivity contribution in [2.75, 3.05) is 11.4 Å². The zero-order valence-corrected chi connectivity index (χ0v) is 13.3. The van der Waals surface area contributed by atoms with Crippen molar-refractivity contribution in [3.63, 3.8) is 0 Å². The second kappa shape index (κ2) is 5.95. The van der Waals surface area contributed by atoms with E-state index in [4.69, 9.17) is 6.42 Å². The van der Waals surface area contributed by atoms with Crippen molar-refractivity contribution in [1.29, 1.82) is 0 Å². The van der Waals surface area contributed by atoms with Crippen LogP contribution in [0.25, 0.3) is 0 Å². The van der Waals surface area contributed by atoms with Crippen LogP contribution in [0.1, 0.15) is 22.8 Å². The van der Waals surface area contributed by atoms with Gasteiger partial charge in [0, 0.05) is 11.1 Å². The molecule has 0 saturated heterocycles. The molecule has 2 atom stereocenters. The average Bonchev–Trinajstić information content (AvgIpc) is 2.85. The lowest BCUT2D eigenvalue weighted by Gasteiger charge is -2.28. The first-order chi connectivity index (χ1) is 11.5. The van der Waals surface area contributed by atoms with Crippen molar-refractivity contribution in [3.05, 3.63) is 65.7 Å². The minimum absolute atomic E-state index is 0.0460. The number of aliphatic hydroxyl groups is 1. The van der Waals surface area contributed by atoms with E-state index in [0.29, 0.717) is 16.8 Å². The molecule has 0 unspecified atom stereocenters. The molecule has 4 nitrogen and oxygen atoms in total. The summed E-state index contributed by atoms with van der Waals surface area (Å²) in [6.07, 6.45) is 5.35. The van der Waals surface area contributed by atoms with Gasteiger partial charge in [0.25, 0.3) is 5.91 Å². The van der Waals surface area contributed by atoms with E-state index in [2.05, 4.69) is 5.92 Å². The van der Waals surface area contributed by atoms with Crippen LogP contribution in [0.2, 0.25) is 0 Å². The molecule has 0 bridgehead atoms. The van der Waals surface area contributed by atoms with Crippen LogP contribution in [0.3, 0.4) is 0 Å². The van der Waals surface area contributed by atoms with Crippen LogP contribution < -0.4 is 4.90 Å². The fraction of sp³-hybridized carbons (Fsp3) is 0.200. The molecule has 1 amide bonds. The van der Waals surface area contributed by atoms with Crippen molar-refractivity contribution in [2.45, 2.75) is 12.5 Å². The summed E-state index contributed by atoms with van der Waals surface area (Å²) in [6.45, 7) is 1.62. The van der Waals surface area contributed by atoms with Gasteiger partial charge in [0.05, 0.1) is 18.2 Å². The third kappa shape index (κ3) is 2.22. The van der Waals surface area contributed by atoms with Crippen molar-refractivity contribution in [3.8, 4) is 12.3 Å². The number of rotatable bonds is 4. The first-order valence-corrected chi connectivity index (χ1v) is 7.68. The third-order valence-electron chi connectivity index (χ3n) is 4.50. The van der Waals surface area contributed by atoms with E-state index in [1.165, 1.54) is 4.90 Å². The van der Waals surface area contributed by atoms with Crippen LogP contribution in [0.5, 0.6) is 0 Å². The topological polar surface area (TPSA) is 57.6 Å². The molecule has 2 aromatic rings. The predicted octanol–water partition coefficient (Wildman–Crippen LogP) is 2.37. The number of nitrogens with zero attached hydrogens (tertiary/aromatic N) is 1. The standard InChI is InChI=1S/C20H17NO3/c1-3-13-21-17-12-8-7-11-16(17)20(24,19(21)23)14(2)18(22)15-9-5-4-6-10-15/h1,4-12,14,24H,13H2,2H3/t14-,20-/m0/s1. The number of carbonyl (C=O) groups excluding carboxylic acids is 2. The van der Waals surface area contributed by atoms with Crippen LogP contribution >= 0.6 is 0 Å². The molecule has 0 radical (unpaired) electrons. The number of benzene rings is 2. The van der Waals surface area contributed by atoms with Crippen molar-refractivity contribution >= 4 is 17.4 Å². The highest BCUT2D eigenvalue weighted by atomic mass is 16.3. The number of fused-ring (bicyclic) bond motifs is 1. The molecule has 0 aromatic heterocycles. The maximum absolute atomic E-state index is 12.9. The normalized spacial score (nSPS) is 20.4. The molecule has 24 heavy (non-hydrogen) atoms. The van der Waals surface area contributed by atoms with Gasteiger partial charge in [0.2, 0.25) is 0 Å². The summed E-state index contributed by atoms with van der Waals surface area (Å²) in [4.78, 5) is 27.0. The molecule has 0 fully saturated rings. The van der Waals surface area contributed by atoms with E-state index in [1.807, 2.05) is 0 Å². The fourth-order valence-corrected chi connectivity index (χ4v) is 3.17. The molecule has 0 saturated carbocycles. The lowest BCUT2D eigenvalue weighted by molar-refractivity contribution is -0.139. The van der Waals surface area contributed by atoms with Gasteiger partial charge in [-0.1, -0.05) is 61.4 Å². The summed E-state index contributed by atoms with van der Waals surface area (Å²) < 4.78 is 0. The highest BCUT2D eigenvalue weighted by Crippen LogP contribution is 2.45. The van der Waals surface area contributed by atoms with Gasteiger partial charge in [-0.3, -0.25) is 14.5 Å². The van der Waals surface area contributed by atoms with Crippen molar-refractivity contribution in [2.24, 2.45) is 5.92 Å². The van der Waals surface area contributed by atoms with Crippen LogP contribution in [-0.2, 0) is 10.4 Å². The number of hydrogen-bond donors (Lipinski definition) is 1. The van der Waals surface area contributed by atoms with E-state index < -0.39 is 17.4 Å². The molecular formula is C20H17NO3. The summed E-state index contributed by atoms with van der Waals surface area (Å²) in [5, 5.41) is 11.2. The molecule has 0 spiro atoms. The molecule has 1 N–H and O–H groups in total. The first kappa shape index (κ1) is 16.0. The number of carbonyl (C=O) groups is 2. The Morgan fingerprint density at radius 3 is 2.50 bits per heavy atom. The lowest BCUT2D eigenvalue weighted by atomic mass is 9.79. The molecule has 1 aliphatic heterocycles. The van der Waals surface area contributed by atoms with Gasteiger partial charge in [0.15, 0.2) is 11.4 Å². The van der Waals surface area contributed by atoms with Crippen LogP contribution in [0.15, 0.2) is 54.6 Å². The Morgan fingerprint density at radius 2 is 1.83 bits per heavy atom. The van der Waals surface area contributed by atoms with Crippen molar-refractivity contribution < 1.29 is 14.7 Å². The maximum atomic E-state index is 12.9. The van der Waals surface area contributed by atoms with E-state index in [1.54, 1.807) is 61.5 Å². The van der Waals surface area contributed by atoms with Crippen LogP contribution in [0.4, 0.5) is 5.69 Å². The number of anilines is 1. The minimum Gasteiger partial charge on any atom is -0.375 e. The maximum Gasteiger partial charge on any atom is 0.265 e. The predicted molar refractivity (Wildman–Crippen MR) is 91.5 cm³/mol. The van der Waals surface area contributed by atoms with E-state index in [0.717, 1.165) is 0 Å². The number of Topliss-reactive ketones (excluding diaryl/α,β-unsaturated/α-hetero) is 1. The molecule has 2 aromatic carbocycles. The number of terminal acetylenes is 1. The van der Waals surface area contributed by atoms with E-state index >= 15 is 0 Å². The van der Waals surface area contributed by atoms with Gasteiger partial charge in [-0.05, 0) is 6.07 Å². The Labute approximate surface area is 140 Å². The second-order valence-electron chi connectivity index (χ2n) is 5.83. The molecule has 3 rings (SSSR count). The Balaban J connectivity index is 2.07. The average molecular weight is 319 g/mol. The summed E-state index contributed by atoms with van der Waals surface area (Å²) in [6, 6.07) is 15.5. The van der Waals surface area contributed by atoms with Crippen molar-refractivity contribution in [1.82, 2.24) is 0 Å². The Kier molecular flexibility index (Phi) is 3.96. The zero-order chi connectivity index (χ0) is 17.3. The quantitative estimate of drug-likeness (QED) is 0.695. The number of ketones is 1. The van der Waals surface area contributed by atoms with E-state index in [9.17, 15) is 14.7 Å². The van der Waals surface area contributed by atoms with Crippen LogP contribution in [-0.4, -0.2) is 23.3 Å². The number of hydrogen-bond acceptors (Lipinski definition) is 3. The molecule has 1 aliphatic rings. The fourth-order valence-electron chi connectivity index (χ4n) is 3.17. The zero-order valence-electron chi connectivity index (χ0n) is 13.3. The Morgan fingerprint density at radius 1 is 1.21 bits per heavy atom. The first-order valence-electron chi connectivity index (χ1n) is 7.68. The summed E-state index contributed by atoms with van der Waals surface area (Å²) >= 11 is 0. The second-order valence-corrected chi connectivity index (χ2v) is 5.83. The number of para-hydroxylation sites is 1. The van der Waals surface area contributed by atoms with Gasteiger partial charge in [-0.2, -0.15) is 0 Å². The third-order valence-corrected chi connectivity index (χ3v) is 4.50. The Bertz CT molecular complexity index is 837. The molecular weight excluding hydrogens is 302 g/mol. The molecule has 120 valence electrons. The van der Waals surface area contributed by atoms with Gasteiger partial charge >= 0.3 is 0 Å². The summed E-state index contributed by atoms with van der Waals surface area (Å²) in [5.41, 5.74) is -0.489. The SMILES string of the molecule is C#CCN1C(=O)[C@](O)([C@@H](C)C(=O)c2ccccc2)c2ccccc21. The van der Waals surface area contributed by atoms with Gasteiger partial charge in [0.1, 0.15) is 0 Å². The smallest absolute Gasteiger partial charge is 0.265 e. The highest BCUT2D eigenvalue weighted by molar-refractivity contribution is 6.11. The lowest BCUT2D eigenvalue weighted by Crippen LogP contribution is -2.47. The van der Waals surface area contributed by atoms with E-state index in [-0.39, 0.29) is 12.3 Å². The van der Waals surface area contributed by atoms with Gasteiger partial charge in [-0.15, -0.1) is 6.42 Å². The summed E-state index contributed by atoms with van der Waals surface area (Å²) in [7, 11) is 0. The molecule has 0 aliphatic carbocycles. The molecule has 1 heterocycles. The van der Waals surface area contributed by atoms with Crippen LogP contribution in [0, 0.1) is 18.3 Å². The Hall–Kier alpha value is -2.90. The molecule has 4 heteroatoms. The number of amides is 1. The minimum atomic E-state index is -1.92.